The molecule has 1 fully saturated rings. The Balaban J connectivity index is 0.00000192. The van der Waals surface area contributed by atoms with Crippen molar-refractivity contribution in [1.29, 1.82) is 0 Å². The van der Waals surface area contributed by atoms with E-state index in [1.807, 2.05) is 24.7 Å². The molecule has 3 rings (SSSR count). The Morgan fingerprint density at radius 1 is 1.22 bits per heavy atom. The number of esters is 1. The lowest BCUT2D eigenvalue weighted by Gasteiger charge is -2.30. The standard InChI is InChI=1S/C16H22N4O2.ClH/c1-3-20-15-12(11-18-20)14(19-8-6-5-7-9-19)13(10-17-15)16(21)22-4-2;/h10-11H,3-9H2,1-2H3;1H. The molecular weight excluding hydrogens is 316 g/mol. The minimum absolute atomic E-state index is 0. The Labute approximate surface area is 142 Å². The van der Waals surface area contributed by atoms with Crippen molar-refractivity contribution in [3.8, 4) is 0 Å². The van der Waals surface area contributed by atoms with Gasteiger partial charge in [0.05, 0.1) is 23.9 Å². The first-order chi connectivity index (χ1) is 10.8. The molecule has 0 amide bonds. The average Bonchev–Trinajstić information content (AvgIpc) is 2.98. The second kappa shape index (κ2) is 7.64. The van der Waals surface area contributed by atoms with Gasteiger partial charge in [0.15, 0.2) is 5.65 Å². The molecular formula is C16H23ClN4O2. The molecule has 6 nitrogen and oxygen atoms in total. The summed E-state index contributed by atoms with van der Waals surface area (Å²) in [5.41, 5.74) is 2.31. The summed E-state index contributed by atoms with van der Waals surface area (Å²) in [6.07, 6.45) is 6.99. The number of nitrogens with zero attached hydrogens (tertiary/aromatic N) is 4. The van der Waals surface area contributed by atoms with Crippen molar-refractivity contribution in [2.24, 2.45) is 0 Å². The van der Waals surface area contributed by atoms with Gasteiger partial charge in [-0.25, -0.2) is 14.5 Å². The Hall–Kier alpha value is -1.82. The number of fused-ring (bicyclic) bond motifs is 1. The molecule has 2 aromatic heterocycles. The molecule has 0 radical (unpaired) electrons. The number of aryl methyl sites for hydroxylation is 1. The van der Waals surface area contributed by atoms with E-state index in [4.69, 9.17) is 4.74 Å². The first-order valence-corrected chi connectivity index (χ1v) is 8.02. The zero-order chi connectivity index (χ0) is 15.5. The highest BCUT2D eigenvalue weighted by Crippen LogP contribution is 2.32. The van der Waals surface area contributed by atoms with E-state index in [9.17, 15) is 4.79 Å². The van der Waals surface area contributed by atoms with Crippen LogP contribution in [0.5, 0.6) is 0 Å². The van der Waals surface area contributed by atoms with Crippen LogP contribution < -0.4 is 4.90 Å². The van der Waals surface area contributed by atoms with E-state index in [1.54, 1.807) is 6.20 Å². The lowest BCUT2D eigenvalue weighted by atomic mass is 10.1. The zero-order valence-corrected chi connectivity index (χ0v) is 14.4. The second-order valence-corrected chi connectivity index (χ2v) is 5.49. The summed E-state index contributed by atoms with van der Waals surface area (Å²) in [6.45, 7) is 6.90. The Bertz CT molecular complexity index is 680. The molecule has 0 aliphatic carbocycles. The van der Waals surface area contributed by atoms with Gasteiger partial charge in [-0.3, -0.25) is 0 Å². The van der Waals surface area contributed by atoms with Crippen molar-refractivity contribution in [2.75, 3.05) is 24.6 Å². The quantitative estimate of drug-likeness (QED) is 0.802. The number of rotatable bonds is 4. The molecule has 0 saturated carbocycles. The van der Waals surface area contributed by atoms with E-state index in [2.05, 4.69) is 15.0 Å². The van der Waals surface area contributed by atoms with Crippen LogP contribution in [0, 0.1) is 0 Å². The van der Waals surface area contributed by atoms with E-state index >= 15 is 0 Å². The average molecular weight is 339 g/mol. The number of halogens is 1. The largest absolute Gasteiger partial charge is 0.462 e. The van der Waals surface area contributed by atoms with E-state index in [1.165, 1.54) is 6.42 Å². The van der Waals surface area contributed by atoms with E-state index in [0.717, 1.165) is 49.2 Å². The van der Waals surface area contributed by atoms with Crippen LogP contribution in [-0.4, -0.2) is 40.4 Å². The SMILES string of the molecule is CCOC(=O)c1cnc2c(cnn2CC)c1N1CCCCC1.Cl. The van der Waals surface area contributed by atoms with Crippen LogP contribution in [0.1, 0.15) is 43.5 Å². The van der Waals surface area contributed by atoms with Crippen LogP contribution in [0.15, 0.2) is 12.4 Å². The highest BCUT2D eigenvalue weighted by atomic mass is 35.5. The van der Waals surface area contributed by atoms with Crippen LogP contribution in [0.4, 0.5) is 5.69 Å². The Morgan fingerprint density at radius 3 is 2.61 bits per heavy atom. The molecule has 0 N–H and O–H groups in total. The fourth-order valence-electron chi connectivity index (χ4n) is 3.06. The van der Waals surface area contributed by atoms with Crippen molar-refractivity contribution in [1.82, 2.24) is 14.8 Å². The first-order valence-electron chi connectivity index (χ1n) is 8.02. The number of pyridine rings is 1. The number of piperidine rings is 1. The highest BCUT2D eigenvalue weighted by molar-refractivity contribution is 6.04. The van der Waals surface area contributed by atoms with Gasteiger partial charge in [-0.15, -0.1) is 12.4 Å². The molecule has 0 aromatic carbocycles. The lowest BCUT2D eigenvalue weighted by molar-refractivity contribution is 0.0526. The predicted molar refractivity (Wildman–Crippen MR) is 92.5 cm³/mol. The smallest absolute Gasteiger partial charge is 0.341 e. The lowest BCUT2D eigenvalue weighted by Crippen LogP contribution is -2.31. The number of ether oxygens (including phenoxy) is 1. The van der Waals surface area contributed by atoms with Gasteiger partial charge in [0, 0.05) is 25.8 Å². The number of hydrogen-bond donors (Lipinski definition) is 0. The van der Waals surface area contributed by atoms with Gasteiger partial charge in [-0.2, -0.15) is 5.10 Å². The highest BCUT2D eigenvalue weighted by Gasteiger charge is 2.24. The molecule has 1 saturated heterocycles. The number of carbonyl (C=O) groups excluding carboxylic acids is 1. The van der Waals surface area contributed by atoms with Gasteiger partial charge in [-0.05, 0) is 33.1 Å². The molecule has 3 heterocycles. The maximum atomic E-state index is 12.3. The molecule has 7 heteroatoms. The molecule has 1 aliphatic heterocycles. The van der Waals surface area contributed by atoms with Gasteiger partial charge in [0.25, 0.3) is 0 Å². The van der Waals surface area contributed by atoms with Gasteiger partial charge in [0.2, 0.25) is 0 Å². The molecule has 126 valence electrons. The maximum absolute atomic E-state index is 12.3. The summed E-state index contributed by atoms with van der Waals surface area (Å²) in [5, 5.41) is 5.33. The monoisotopic (exact) mass is 338 g/mol. The molecule has 0 unspecified atom stereocenters. The summed E-state index contributed by atoms with van der Waals surface area (Å²) in [6, 6.07) is 0. The third-order valence-corrected chi connectivity index (χ3v) is 4.10. The summed E-state index contributed by atoms with van der Waals surface area (Å²) in [4.78, 5) is 19.0. The Morgan fingerprint density at radius 2 is 1.96 bits per heavy atom. The number of anilines is 1. The van der Waals surface area contributed by atoms with Crippen molar-refractivity contribution in [2.45, 2.75) is 39.7 Å². The molecule has 23 heavy (non-hydrogen) atoms. The third-order valence-electron chi connectivity index (χ3n) is 4.10. The van der Waals surface area contributed by atoms with Crippen LogP contribution in [0.25, 0.3) is 11.0 Å². The van der Waals surface area contributed by atoms with E-state index in [0.29, 0.717) is 12.2 Å². The Kier molecular flexibility index (Phi) is 5.82. The van der Waals surface area contributed by atoms with Crippen LogP contribution in [0.3, 0.4) is 0 Å². The third kappa shape index (κ3) is 3.27. The van der Waals surface area contributed by atoms with Crippen molar-refractivity contribution < 1.29 is 9.53 Å². The summed E-state index contributed by atoms with van der Waals surface area (Å²) in [5.74, 6) is -0.304. The molecule has 1 aliphatic rings. The fraction of sp³-hybridized carbons (Fsp3) is 0.562. The summed E-state index contributed by atoms with van der Waals surface area (Å²) >= 11 is 0. The number of carbonyl (C=O) groups is 1. The van der Waals surface area contributed by atoms with Gasteiger partial charge >= 0.3 is 5.97 Å². The van der Waals surface area contributed by atoms with Crippen molar-refractivity contribution in [3.63, 3.8) is 0 Å². The van der Waals surface area contributed by atoms with Gasteiger partial charge in [0.1, 0.15) is 5.56 Å². The number of hydrogen-bond acceptors (Lipinski definition) is 5. The maximum Gasteiger partial charge on any atom is 0.341 e. The van der Waals surface area contributed by atoms with E-state index < -0.39 is 0 Å². The second-order valence-electron chi connectivity index (χ2n) is 5.49. The van der Waals surface area contributed by atoms with Gasteiger partial charge < -0.3 is 9.64 Å². The first kappa shape index (κ1) is 17.5. The number of aromatic nitrogens is 3. The topological polar surface area (TPSA) is 60.2 Å². The molecule has 0 atom stereocenters. The van der Waals surface area contributed by atoms with Gasteiger partial charge in [-0.1, -0.05) is 0 Å². The predicted octanol–water partition coefficient (Wildman–Crippen LogP) is 3.04. The van der Waals surface area contributed by atoms with Crippen LogP contribution in [-0.2, 0) is 11.3 Å². The van der Waals surface area contributed by atoms with E-state index in [-0.39, 0.29) is 18.4 Å². The minimum atomic E-state index is -0.304. The zero-order valence-electron chi connectivity index (χ0n) is 13.6. The summed E-state index contributed by atoms with van der Waals surface area (Å²) < 4.78 is 7.07. The normalized spacial score (nSPS) is 14.6. The minimum Gasteiger partial charge on any atom is -0.462 e. The van der Waals surface area contributed by atoms with Crippen LogP contribution >= 0.6 is 12.4 Å². The fourth-order valence-corrected chi connectivity index (χ4v) is 3.06. The molecule has 0 bridgehead atoms. The van der Waals surface area contributed by atoms with Crippen molar-refractivity contribution in [3.05, 3.63) is 18.0 Å². The van der Waals surface area contributed by atoms with Crippen molar-refractivity contribution >= 4 is 35.1 Å². The summed E-state index contributed by atoms with van der Waals surface area (Å²) in [7, 11) is 0. The van der Waals surface area contributed by atoms with Crippen LogP contribution in [0.2, 0.25) is 0 Å². The molecule has 2 aromatic rings. The molecule has 0 spiro atoms.